The number of benzene rings is 1. The van der Waals surface area contributed by atoms with Crippen LogP contribution in [0.1, 0.15) is 24.0 Å². The lowest BCUT2D eigenvalue weighted by molar-refractivity contribution is -0.0240. The molecule has 1 fully saturated rings. The molecule has 1 unspecified atom stereocenters. The third-order valence-electron chi connectivity index (χ3n) is 4.42. The predicted octanol–water partition coefficient (Wildman–Crippen LogP) is 2.18. The molecule has 1 aromatic heterocycles. The molecule has 0 aliphatic carbocycles. The number of nitrogens with zero attached hydrogens (tertiary/aromatic N) is 2. The molecule has 1 atom stereocenters. The summed E-state index contributed by atoms with van der Waals surface area (Å²) in [5.41, 5.74) is 3.41. The van der Waals surface area contributed by atoms with Gasteiger partial charge in [-0.3, -0.25) is 4.98 Å². The molecule has 0 bridgehead atoms. The van der Waals surface area contributed by atoms with Crippen LogP contribution < -0.4 is 4.90 Å². The Labute approximate surface area is 125 Å². The molecule has 112 valence electrons. The van der Waals surface area contributed by atoms with Crippen molar-refractivity contribution in [3.8, 4) is 0 Å². The number of piperidine rings is 1. The number of rotatable bonds is 2. The van der Waals surface area contributed by atoms with E-state index in [2.05, 4.69) is 35.9 Å². The van der Waals surface area contributed by atoms with Crippen LogP contribution in [0.25, 0.3) is 10.9 Å². The molecule has 2 N–H and O–H groups in total. The van der Waals surface area contributed by atoms with E-state index in [1.54, 1.807) is 0 Å². The molecular formula is C17H22N2O2. The molecule has 2 heterocycles. The molecule has 0 radical (unpaired) electrons. The lowest BCUT2D eigenvalue weighted by Crippen LogP contribution is -2.50. The SMILES string of the molecule is Cc1cnc2c(C)cccc2c1N1CCCC(O)(CO)C1. The zero-order valence-corrected chi connectivity index (χ0v) is 12.6. The number of pyridine rings is 1. The largest absolute Gasteiger partial charge is 0.393 e. The van der Waals surface area contributed by atoms with Gasteiger partial charge in [0.15, 0.2) is 0 Å². The van der Waals surface area contributed by atoms with Crippen molar-refractivity contribution >= 4 is 16.6 Å². The van der Waals surface area contributed by atoms with Gasteiger partial charge in [0.1, 0.15) is 5.60 Å². The molecule has 4 nitrogen and oxygen atoms in total. The van der Waals surface area contributed by atoms with Gasteiger partial charge in [0.05, 0.1) is 17.8 Å². The van der Waals surface area contributed by atoms with E-state index >= 15 is 0 Å². The summed E-state index contributed by atoms with van der Waals surface area (Å²) in [6, 6.07) is 6.20. The fraction of sp³-hybridized carbons (Fsp3) is 0.471. The van der Waals surface area contributed by atoms with Crippen LogP contribution in [0.3, 0.4) is 0 Å². The highest BCUT2D eigenvalue weighted by molar-refractivity contribution is 5.95. The number of para-hydroxylation sites is 1. The van der Waals surface area contributed by atoms with Gasteiger partial charge in [-0.1, -0.05) is 18.2 Å². The van der Waals surface area contributed by atoms with Crippen LogP contribution in [0.5, 0.6) is 0 Å². The Kier molecular flexibility index (Phi) is 3.59. The van der Waals surface area contributed by atoms with Crippen LogP contribution in [-0.4, -0.2) is 40.5 Å². The number of β-amino-alcohol motifs (C(OH)–C–C–N with tert-alkyl or cyclic N) is 1. The highest BCUT2D eigenvalue weighted by atomic mass is 16.3. The zero-order valence-electron chi connectivity index (χ0n) is 12.6. The Hall–Kier alpha value is -1.65. The number of aliphatic hydroxyl groups excluding tert-OH is 1. The highest BCUT2D eigenvalue weighted by Gasteiger charge is 2.33. The minimum Gasteiger partial charge on any atom is -0.393 e. The molecule has 1 saturated heterocycles. The Bertz CT molecular complexity index is 671. The molecule has 3 rings (SSSR count). The lowest BCUT2D eigenvalue weighted by Gasteiger charge is -2.40. The summed E-state index contributed by atoms with van der Waals surface area (Å²) < 4.78 is 0. The topological polar surface area (TPSA) is 56.6 Å². The van der Waals surface area contributed by atoms with Gasteiger partial charge in [0.25, 0.3) is 0 Å². The first-order valence-electron chi connectivity index (χ1n) is 7.47. The van der Waals surface area contributed by atoms with Crippen LogP contribution in [0, 0.1) is 13.8 Å². The van der Waals surface area contributed by atoms with Gasteiger partial charge in [-0.25, -0.2) is 0 Å². The minimum atomic E-state index is -0.996. The van der Waals surface area contributed by atoms with Gasteiger partial charge < -0.3 is 15.1 Å². The van der Waals surface area contributed by atoms with E-state index in [1.807, 2.05) is 12.3 Å². The van der Waals surface area contributed by atoms with Crippen LogP contribution in [0.15, 0.2) is 24.4 Å². The highest BCUT2D eigenvalue weighted by Crippen LogP contribution is 2.34. The second-order valence-electron chi connectivity index (χ2n) is 6.17. The van der Waals surface area contributed by atoms with Crippen LogP contribution in [-0.2, 0) is 0 Å². The molecular weight excluding hydrogens is 264 g/mol. The average Bonchev–Trinajstić information content (AvgIpc) is 2.47. The van der Waals surface area contributed by atoms with Crippen molar-refractivity contribution in [1.82, 2.24) is 4.98 Å². The third-order valence-corrected chi connectivity index (χ3v) is 4.42. The van der Waals surface area contributed by atoms with Crippen molar-refractivity contribution < 1.29 is 10.2 Å². The summed E-state index contributed by atoms with van der Waals surface area (Å²) in [5, 5.41) is 21.0. The summed E-state index contributed by atoms with van der Waals surface area (Å²) in [7, 11) is 0. The Morgan fingerprint density at radius 3 is 2.86 bits per heavy atom. The van der Waals surface area contributed by atoms with Gasteiger partial charge in [-0.05, 0) is 37.8 Å². The number of anilines is 1. The number of aromatic nitrogens is 1. The first-order valence-corrected chi connectivity index (χ1v) is 7.47. The van der Waals surface area contributed by atoms with Crippen molar-refractivity contribution in [1.29, 1.82) is 0 Å². The zero-order chi connectivity index (χ0) is 15.0. The van der Waals surface area contributed by atoms with Crippen LogP contribution in [0.2, 0.25) is 0 Å². The molecule has 4 heteroatoms. The fourth-order valence-electron chi connectivity index (χ4n) is 3.31. The summed E-state index contributed by atoms with van der Waals surface area (Å²) in [6.45, 7) is 5.30. The predicted molar refractivity (Wildman–Crippen MR) is 84.7 cm³/mol. The van der Waals surface area contributed by atoms with Crippen molar-refractivity contribution in [3.63, 3.8) is 0 Å². The summed E-state index contributed by atoms with van der Waals surface area (Å²) >= 11 is 0. The van der Waals surface area contributed by atoms with E-state index < -0.39 is 5.60 Å². The van der Waals surface area contributed by atoms with Crippen molar-refractivity contribution in [2.75, 3.05) is 24.6 Å². The smallest absolute Gasteiger partial charge is 0.105 e. The van der Waals surface area contributed by atoms with E-state index in [1.165, 1.54) is 0 Å². The lowest BCUT2D eigenvalue weighted by atomic mass is 9.92. The maximum atomic E-state index is 10.4. The number of fused-ring (bicyclic) bond motifs is 1. The number of aliphatic hydroxyl groups is 2. The molecule has 1 aliphatic heterocycles. The monoisotopic (exact) mass is 286 g/mol. The minimum absolute atomic E-state index is 0.190. The van der Waals surface area contributed by atoms with Gasteiger partial charge >= 0.3 is 0 Å². The average molecular weight is 286 g/mol. The fourth-order valence-corrected chi connectivity index (χ4v) is 3.31. The quantitative estimate of drug-likeness (QED) is 0.888. The molecule has 1 aliphatic rings. The molecule has 0 amide bonds. The van der Waals surface area contributed by atoms with E-state index in [0.717, 1.165) is 40.7 Å². The molecule has 0 spiro atoms. The maximum absolute atomic E-state index is 10.4. The Morgan fingerprint density at radius 2 is 2.10 bits per heavy atom. The number of hydrogen-bond donors (Lipinski definition) is 2. The van der Waals surface area contributed by atoms with Crippen LogP contribution >= 0.6 is 0 Å². The Morgan fingerprint density at radius 1 is 1.29 bits per heavy atom. The van der Waals surface area contributed by atoms with Gasteiger partial charge in [0, 0.05) is 24.7 Å². The summed E-state index contributed by atoms with van der Waals surface area (Å²) in [6.07, 6.45) is 3.44. The Balaban J connectivity index is 2.11. The van der Waals surface area contributed by atoms with Gasteiger partial charge in [-0.2, -0.15) is 0 Å². The molecule has 2 aromatic rings. The molecule has 21 heavy (non-hydrogen) atoms. The second kappa shape index (κ2) is 5.28. The summed E-state index contributed by atoms with van der Waals surface area (Å²) in [4.78, 5) is 6.75. The van der Waals surface area contributed by atoms with E-state index in [4.69, 9.17) is 0 Å². The van der Waals surface area contributed by atoms with Crippen molar-refractivity contribution in [3.05, 3.63) is 35.5 Å². The first-order chi connectivity index (χ1) is 10.0. The van der Waals surface area contributed by atoms with Gasteiger partial charge in [0.2, 0.25) is 0 Å². The molecule has 1 aromatic carbocycles. The first kappa shape index (κ1) is 14.3. The van der Waals surface area contributed by atoms with Crippen molar-refractivity contribution in [2.45, 2.75) is 32.3 Å². The van der Waals surface area contributed by atoms with E-state index in [9.17, 15) is 10.2 Å². The second-order valence-corrected chi connectivity index (χ2v) is 6.17. The number of aryl methyl sites for hydroxylation is 2. The van der Waals surface area contributed by atoms with E-state index in [0.29, 0.717) is 13.0 Å². The van der Waals surface area contributed by atoms with Crippen LogP contribution in [0.4, 0.5) is 5.69 Å². The molecule has 0 saturated carbocycles. The normalized spacial score (nSPS) is 22.8. The summed E-state index contributed by atoms with van der Waals surface area (Å²) in [5.74, 6) is 0. The third kappa shape index (κ3) is 2.49. The van der Waals surface area contributed by atoms with Crippen molar-refractivity contribution in [2.24, 2.45) is 0 Å². The maximum Gasteiger partial charge on any atom is 0.105 e. The van der Waals surface area contributed by atoms with E-state index in [-0.39, 0.29) is 6.61 Å². The standard InChI is InChI=1S/C17H22N2O2/c1-12-5-3-6-14-15(12)18-9-13(2)16(14)19-8-4-7-17(21,10-19)11-20/h3,5-6,9,20-21H,4,7-8,10-11H2,1-2H3. The number of hydrogen-bond acceptors (Lipinski definition) is 4. The van der Waals surface area contributed by atoms with Gasteiger partial charge in [-0.15, -0.1) is 0 Å².